The number of aromatic nitrogens is 3. The predicted molar refractivity (Wildman–Crippen MR) is 133 cm³/mol. The molecule has 7 nitrogen and oxygen atoms in total. The fourth-order valence-corrected chi connectivity index (χ4v) is 3.82. The fourth-order valence-electron chi connectivity index (χ4n) is 3.82. The summed E-state index contributed by atoms with van der Waals surface area (Å²) < 4.78 is 24.0. The maximum Gasteiger partial charge on any atom is 0.329 e. The first-order chi connectivity index (χ1) is 15.6. The van der Waals surface area contributed by atoms with Crippen molar-refractivity contribution in [3.8, 4) is 0 Å². The average Bonchev–Trinajstić information content (AvgIpc) is 3.02. The third kappa shape index (κ3) is 5.06. The molecule has 33 heavy (non-hydrogen) atoms. The first kappa shape index (κ1) is 24.4. The molecule has 0 saturated carbocycles. The molecule has 0 fully saturated rings. The highest BCUT2D eigenvalue weighted by atomic mass is 19.1. The Morgan fingerprint density at radius 2 is 2.06 bits per heavy atom. The summed E-state index contributed by atoms with van der Waals surface area (Å²) in [6.07, 6.45) is 5.93. The van der Waals surface area contributed by atoms with Crippen molar-refractivity contribution >= 4 is 34.2 Å². The zero-order chi connectivity index (χ0) is 24.3. The van der Waals surface area contributed by atoms with Gasteiger partial charge in [0.2, 0.25) is 5.88 Å². The number of allylic oxidation sites excluding steroid dienone is 3. The second-order valence-electron chi connectivity index (χ2n) is 8.66. The average molecular weight is 454 g/mol. The van der Waals surface area contributed by atoms with E-state index in [1.54, 1.807) is 40.6 Å². The Morgan fingerprint density at radius 3 is 2.70 bits per heavy atom. The number of aryl methyl sites for hydroxylation is 1. The molecular formula is C25H32FN5O2. The molecule has 0 atom stereocenters. The fraction of sp³-hybridized carbons (Fsp3) is 0.400. The highest BCUT2D eigenvalue weighted by molar-refractivity contribution is 6.03. The van der Waals surface area contributed by atoms with Gasteiger partial charge in [-0.2, -0.15) is 0 Å². The van der Waals surface area contributed by atoms with Crippen LogP contribution in [0.15, 0.2) is 46.2 Å². The number of pyridine rings is 1. The van der Waals surface area contributed by atoms with Crippen LogP contribution in [0, 0.1) is 5.82 Å². The largest absolute Gasteiger partial charge is 0.478 e. The van der Waals surface area contributed by atoms with Crippen LogP contribution in [-0.2, 0) is 11.8 Å². The maximum atomic E-state index is 15.0. The topological polar surface area (TPSA) is 64.6 Å². The number of halogens is 1. The van der Waals surface area contributed by atoms with Crippen molar-refractivity contribution in [1.29, 1.82) is 0 Å². The van der Waals surface area contributed by atoms with Gasteiger partial charge in [-0.05, 0) is 59.6 Å². The van der Waals surface area contributed by atoms with Crippen molar-refractivity contribution in [3.05, 3.63) is 58.2 Å². The van der Waals surface area contributed by atoms with Crippen molar-refractivity contribution in [1.82, 2.24) is 19.0 Å². The van der Waals surface area contributed by atoms with Gasteiger partial charge in [0.05, 0.1) is 29.4 Å². The maximum absolute atomic E-state index is 15.0. The minimum atomic E-state index is -0.383. The van der Waals surface area contributed by atoms with Crippen molar-refractivity contribution in [2.45, 2.75) is 33.2 Å². The molecule has 0 radical (unpaired) electrons. The Morgan fingerprint density at radius 1 is 1.33 bits per heavy atom. The molecule has 2 aromatic heterocycles. The van der Waals surface area contributed by atoms with E-state index in [4.69, 9.17) is 4.74 Å². The SMILES string of the molecule is C=N/C(=C\C=C(/C)c1cc2c(cc1F)ncc1c2n(C(C)C)c(=O)n1C)OCCCN(C)C. The lowest BCUT2D eigenvalue weighted by molar-refractivity contribution is 0.195. The summed E-state index contributed by atoms with van der Waals surface area (Å²) in [5.41, 5.74) is 2.97. The molecule has 8 heteroatoms. The molecule has 3 aromatic rings. The zero-order valence-electron chi connectivity index (χ0n) is 20.2. The Balaban J connectivity index is 2.04. The molecule has 0 aliphatic rings. The number of aliphatic imine (C=N–C) groups is 1. The molecule has 3 rings (SSSR count). The monoisotopic (exact) mass is 453 g/mol. The van der Waals surface area contributed by atoms with E-state index in [-0.39, 0.29) is 17.5 Å². The number of hydrogen-bond donors (Lipinski definition) is 0. The lowest BCUT2D eigenvalue weighted by atomic mass is 10.0. The van der Waals surface area contributed by atoms with Crippen LogP contribution in [-0.4, -0.2) is 53.0 Å². The molecule has 0 saturated heterocycles. The van der Waals surface area contributed by atoms with Crippen molar-refractivity contribution in [2.24, 2.45) is 12.0 Å². The van der Waals surface area contributed by atoms with Gasteiger partial charge in [-0.15, -0.1) is 0 Å². The van der Waals surface area contributed by atoms with Crippen LogP contribution in [0.4, 0.5) is 4.39 Å². The molecular weight excluding hydrogens is 421 g/mol. The van der Waals surface area contributed by atoms with Gasteiger partial charge in [-0.3, -0.25) is 14.1 Å². The van der Waals surface area contributed by atoms with Gasteiger partial charge in [0.15, 0.2) is 0 Å². The summed E-state index contributed by atoms with van der Waals surface area (Å²) in [7, 11) is 5.73. The standard InChI is InChI=1S/C25H32FN5O2/c1-16(2)31-24-19-13-18(17(3)9-10-23(27-4)33-12-8-11-29(5)6)20(26)14-21(19)28-15-22(24)30(7)25(31)32/h9-10,13-16H,4,8,11-12H2,1-3,5-7H3/b17-9+,23-10+. The zero-order valence-corrected chi connectivity index (χ0v) is 20.2. The van der Waals surface area contributed by atoms with E-state index in [1.807, 2.05) is 34.9 Å². The number of ether oxygens (including phenoxy) is 1. The van der Waals surface area contributed by atoms with Crippen LogP contribution in [0.25, 0.3) is 27.5 Å². The van der Waals surface area contributed by atoms with Crippen LogP contribution in [0.5, 0.6) is 0 Å². The van der Waals surface area contributed by atoms with Gasteiger partial charge >= 0.3 is 5.69 Å². The molecule has 0 N–H and O–H groups in total. The van der Waals surface area contributed by atoms with Gasteiger partial charge in [0, 0.05) is 42.7 Å². The lowest BCUT2D eigenvalue weighted by Crippen LogP contribution is -2.23. The minimum absolute atomic E-state index is 0.0502. The second-order valence-corrected chi connectivity index (χ2v) is 8.66. The molecule has 0 spiro atoms. The van der Waals surface area contributed by atoms with Crippen LogP contribution in [0.3, 0.4) is 0 Å². The van der Waals surface area contributed by atoms with E-state index >= 15 is 0 Å². The normalized spacial score (nSPS) is 13.0. The summed E-state index contributed by atoms with van der Waals surface area (Å²) in [6, 6.07) is 3.13. The van der Waals surface area contributed by atoms with E-state index in [0.717, 1.165) is 23.9 Å². The number of nitrogens with zero attached hydrogens (tertiary/aromatic N) is 5. The quantitative estimate of drug-likeness (QED) is 0.207. The molecule has 0 aliphatic carbocycles. The summed E-state index contributed by atoms with van der Waals surface area (Å²) in [5.74, 6) is 0.000884. The van der Waals surface area contributed by atoms with Gasteiger partial charge in [-0.1, -0.05) is 6.08 Å². The Labute approximate surface area is 193 Å². The Bertz CT molecular complexity index is 1300. The smallest absolute Gasteiger partial charge is 0.329 e. The summed E-state index contributed by atoms with van der Waals surface area (Å²) >= 11 is 0. The molecule has 0 bridgehead atoms. The Hall–Kier alpha value is -3.26. The van der Waals surface area contributed by atoms with Gasteiger partial charge < -0.3 is 9.64 Å². The molecule has 0 unspecified atom stereocenters. The number of hydrogen-bond acceptors (Lipinski definition) is 5. The number of fused-ring (bicyclic) bond motifs is 3. The third-order valence-corrected chi connectivity index (χ3v) is 5.58. The number of rotatable bonds is 9. The van der Waals surface area contributed by atoms with Crippen molar-refractivity contribution in [3.63, 3.8) is 0 Å². The second kappa shape index (κ2) is 10.1. The van der Waals surface area contributed by atoms with Crippen LogP contribution in [0.1, 0.15) is 38.8 Å². The number of imidazole rings is 1. The van der Waals surface area contributed by atoms with E-state index < -0.39 is 0 Å². The predicted octanol–water partition coefficient (Wildman–Crippen LogP) is 4.52. The summed E-state index contributed by atoms with van der Waals surface area (Å²) in [5, 5.41) is 0.731. The van der Waals surface area contributed by atoms with Gasteiger partial charge in [-0.25, -0.2) is 14.2 Å². The number of benzene rings is 1. The summed E-state index contributed by atoms with van der Waals surface area (Å²) in [6.45, 7) is 10.7. The van der Waals surface area contributed by atoms with E-state index in [1.165, 1.54) is 6.07 Å². The first-order valence-corrected chi connectivity index (χ1v) is 11.0. The minimum Gasteiger partial charge on any atom is -0.478 e. The van der Waals surface area contributed by atoms with E-state index in [0.29, 0.717) is 34.7 Å². The third-order valence-electron chi connectivity index (χ3n) is 5.58. The van der Waals surface area contributed by atoms with Crippen LogP contribution < -0.4 is 5.69 Å². The van der Waals surface area contributed by atoms with Crippen molar-refractivity contribution < 1.29 is 9.13 Å². The van der Waals surface area contributed by atoms with Gasteiger partial charge in [0.25, 0.3) is 0 Å². The molecule has 1 aromatic carbocycles. The van der Waals surface area contributed by atoms with Crippen LogP contribution in [0.2, 0.25) is 0 Å². The molecule has 176 valence electrons. The van der Waals surface area contributed by atoms with E-state index in [9.17, 15) is 9.18 Å². The van der Waals surface area contributed by atoms with E-state index in [2.05, 4.69) is 21.6 Å². The van der Waals surface area contributed by atoms with Crippen LogP contribution >= 0.6 is 0 Å². The highest BCUT2D eigenvalue weighted by Crippen LogP contribution is 2.30. The highest BCUT2D eigenvalue weighted by Gasteiger charge is 2.18. The lowest BCUT2D eigenvalue weighted by Gasteiger charge is -2.11. The van der Waals surface area contributed by atoms with Gasteiger partial charge in [0.1, 0.15) is 5.82 Å². The van der Waals surface area contributed by atoms with Crippen molar-refractivity contribution in [2.75, 3.05) is 27.2 Å². The summed E-state index contributed by atoms with van der Waals surface area (Å²) in [4.78, 5) is 23.2. The Kier molecular flexibility index (Phi) is 7.48. The molecule has 0 amide bonds. The molecule has 0 aliphatic heterocycles. The first-order valence-electron chi connectivity index (χ1n) is 11.0. The molecule has 2 heterocycles.